The van der Waals surface area contributed by atoms with E-state index >= 15 is 0 Å². The van der Waals surface area contributed by atoms with E-state index in [2.05, 4.69) is 9.71 Å². The van der Waals surface area contributed by atoms with E-state index in [0.717, 1.165) is 10.7 Å². The molecule has 0 aliphatic carbocycles. The van der Waals surface area contributed by atoms with Crippen molar-refractivity contribution in [3.05, 3.63) is 33.7 Å². The fraction of sp³-hybridized carbons (Fsp3) is 0.417. The van der Waals surface area contributed by atoms with Gasteiger partial charge in [0.05, 0.1) is 11.6 Å². The molecule has 2 aromatic heterocycles. The van der Waals surface area contributed by atoms with Gasteiger partial charge in [-0.2, -0.15) is 0 Å². The monoisotopic (exact) mass is 315 g/mol. The highest BCUT2D eigenvalue weighted by Gasteiger charge is 2.20. The standard InChI is InChI=1S/C12H17N3O3S2/c1-8-7-19-12(15-8)3-4-14-20(16,17)11-5-10(6-13)18-9(11)2/h5,7,14H,3-4,6,13H2,1-2H3. The number of aryl methyl sites for hydroxylation is 2. The predicted octanol–water partition coefficient (Wildman–Crippen LogP) is 1.33. The second-order valence-corrected chi connectivity index (χ2v) is 7.05. The lowest BCUT2D eigenvalue weighted by atomic mass is 10.4. The molecule has 2 aromatic rings. The first kappa shape index (κ1) is 15.2. The van der Waals surface area contributed by atoms with Gasteiger partial charge in [0.25, 0.3) is 0 Å². The summed E-state index contributed by atoms with van der Waals surface area (Å²) in [5.74, 6) is 0.807. The SMILES string of the molecule is Cc1csc(CCNS(=O)(=O)c2cc(CN)oc2C)n1. The molecule has 0 spiro atoms. The molecule has 8 heteroatoms. The number of nitrogens with zero attached hydrogens (tertiary/aromatic N) is 1. The van der Waals surface area contributed by atoms with E-state index in [1.807, 2.05) is 12.3 Å². The van der Waals surface area contributed by atoms with E-state index in [-0.39, 0.29) is 11.4 Å². The van der Waals surface area contributed by atoms with E-state index in [0.29, 0.717) is 24.5 Å². The zero-order chi connectivity index (χ0) is 14.8. The molecular formula is C12H17N3O3S2. The number of hydrogen-bond acceptors (Lipinski definition) is 6. The van der Waals surface area contributed by atoms with E-state index in [4.69, 9.17) is 10.2 Å². The molecule has 110 valence electrons. The first-order valence-corrected chi connectivity index (χ1v) is 8.48. The molecule has 3 N–H and O–H groups in total. The van der Waals surface area contributed by atoms with Crippen LogP contribution in [0.25, 0.3) is 0 Å². The van der Waals surface area contributed by atoms with Crippen molar-refractivity contribution in [2.24, 2.45) is 5.73 Å². The van der Waals surface area contributed by atoms with Crippen LogP contribution in [0, 0.1) is 13.8 Å². The molecule has 0 atom stereocenters. The first-order valence-electron chi connectivity index (χ1n) is 6.12. The summed E-state index contributed by atoms with van der Waals surface area (Å²) in [6.45, 7) is 4.00. The Labute approximate surface area is 122 Å². The van der Waals surface area contributed by atoms with Gasteiger partial charge in [0, 0.05) is 30.1 Å². The van der Waals surface area contributed by atoms with Crippen LogP contribution >= 0.6 is 11.3 Å². The third kappa shape index (κ3) is 3.45. The number of rotatable bonds is 6. The minimum Gasteiger partial charge on any atom is -0.464 e. The summed E-state index contributed by atoms with van der Waals surface area (Å²) in [5, 5.41) is 2.86. The Hall–Kier alpha value is -1.22. The van der Waals surface area contributed by atoms with Gasteiger partial charge >= 0.3 is 0 Å². The lowest BCUT2D eigenvalue weighted by molar-refractivity contribution is 0.478. The van der Waals surface area contributed by atoms with Gasteiger partial charge in [-0.3, -0.25) is 0 Å². The molecule has 20 heavy (non-hydrogen) atoms. The maximum absolute atomic E-state index is 12.1. The second-order valence-electron chi connectivity index (χ2n) is 4.37. The predicted molar refractivity (Wildman–Crippen MR) is 77.1 cm³/mol. The van der Waals surface area contributed by atoms with Crippen molar-refractivity contribution in [3.63, 3.8) is 0 Å². The quantitative estimate of drug-likeness (QED) is 0.838. The number of thiazole rings is 1. The zero-order valence-electron chi connectivity index (χ0n) is 11.3. The maximum atomic E-state index is 12.1. The minimum atomic E-state index is -3.57. The number of nitrogens with one attached hydrogen (secondary N) is 1. The second kappa shape index (κ2) is 6.04. The van der Waals surface area contributed by atoms with Crippen molar-refractivity contribution in [2.75, 3.05) is 6.54 Å². The van der Waals surface area contributed by atoms with Gasteiger partial charge in [-0.15, -0.1) is 11.3 Å². The number of nitrogens with two attached hydrogens (primary N) is 1. The van der Waals surface area contributed by atoms with Crippen LogP contribution in [-0.2, 0) is 23.0 Å². The number of aromatic nitrogens is 1. The Morgan fingerprint density at radius 1 is 1.45 bits per heavy atom. The van der Waals surface area contributed by atoms with E-state index < -0.39 is 10.0 Å². The first-order chi connectivity index (χ1) is 9.42. The molecule has 0 bridgehead atoms. The Bertz CT molecular complexity index is 689. The van der Waals surface area contributed by atoms with Crippen molar-refractivity contribution >= 4 is 21.4 Å². The average Bonchev–Trinajstić information content (AvgIpc) is 2.95. The van der Waals surface area contributed by atoms with Gasteiger partial charge < -0.3 is 10.2 Å². The third-order valence-electron chi connectivity index (χ3n) is 2.71. The molecule has 0 aromatic carbocycles. The molecule has 2 heterocycles. The molecule has 0 saturated carbocycles. The van der Waals surface area contributed by atoms with Crippen LogP contribution in [0.1, 0.15) is 22.2 Å². The van der Waals surface area contributed by atoms with Gasteiger partial charge in [-0.25, -0.2) is 18.1 Å². The fourth-order valence-corrected chi connectivity index (χ4v) is 3.79. The Morgan fingerprint density at radius 2 is 2.20 bits per heavy atom. The largest absolute Gasteiger partial charge is 0.464 e. The lowest BCUT2D eigenvalue weighted by Crippen LogP contribution is -2.26. The molecule has 0 aliphatic rings. The van der Waals surface area contributed by atoms with Crippen molar-refractivity contribution in [1.29, 1.82) is 0 Å². The Morgan fingerprint density at radius 3 is 2.75 bits per heavy atom. The highest BCUT2D eigenvalue weighted by molar-refractivity contribution is 7.89. The van der Waals surface area contributed by atoms with E-state index in [1.54, 1.807) is 6.92 Å². The molecule has 6 nitrogen and oxygen atoms in total. The molecule has 0 radical (unpaired) electrons. The van der Waals surface area contributed by atoms with Crippen LogP contribution < -0.4 is 10.5 Å². The molecule has 0 fully saturated rings. The number of hydrogen-bond donors (Lipinski definition) is 2. The Kier molecular flexibility index (Phi) is 4.59. The summed E-state index contributed by atoms with van der Waals surface area (Å²) in [7, 11) is -3.57. The van der Waals surface area contributed by atoms with Crippen LogP contribution in [0.5, 0.6) is 0 Å². The summed E-state index contributed by atoms with van der Waals surface area (Å²) in [4.78, 5) is 4.43. The smallest absolute Gasteiger partial charge is 0.244 e. The van der Waals surface area contributed by atoms with Crippen LogP contribution in [0.4, 0.5) is 0 Å². The molecule has 0 unspecified atom stereocenters. The summed E-state index contributed by atoms with van der Waals surface area (Å²) in [6.07, 6.45) is 0.568. The molecular weight excluding hydrogens is 298 g/mol. The molecule has 2 rings (SSSR count). The molecule has 0 amide bonds. The highest BCUT2D eigenvalue weighted by atomic mass is 32.2. The topological polar surface area (TPSA) is 98.2 Å². The fourth-order valence-electron chi connectivity index (χ4n) is 1.78. The van der Waals surface area contributed by atoms with Crippen molar-refractivity contribution in [2.45, 2.75) is 31.7 Å². The minimum absolute atomic E-state index is 0.147. The van der Waals surface area contributed by atoms with Crippen molar-refractivity contribution < 1.29 is 12.8 Å². The Balaban J connectivity index is 2.01. The number of furan rings is 1. The summed E-state index contributed by atoms with van der Waals surface area (Å²) >= 11 is 1.53. The summed E-state index contributed by atoms with van der Waals surface area (Å²) in [5.41, 5.74) is 6.39. The van der Waals surface area contributed by atoms with Crippen LogP contribution in [-0.4, -0.2) is 19.9 Å². The normalized spacial score (nSPS) is 11.9. The van der Waals surface area contributed by atoms with Gasteiger partial charge in [-0.05, 0) is 13.8 Å². The number of sulfonamides is 1. The summed E-state index contributed by atoms with van der Waals surface area (Å²) in [6, 6.07) is 1.46. The maximum Gasteiger partial charge on any atom is 0.244 e. The zero-order valence-corrected chi connectivity index (χ0v) is 13.0. The van der Waals surface area contributed by atoms with E-state index in [9.17, 15) is 8.42 Å². The van der Waals surface area contributed by atoms with Crippen molar-refractivity contribution in [3.8, 4) is 0 Å². The molecule has 0 saturated heterocycles. The van der Waals surface area contributed by atoms with Crippen LogP contribution in [0.15, 0.2) is 20.8 Å². The van der Waals surface area contributed by atoms with Crippen molar-refractivity contribution in [1.82, 2.24) is 9.71 Å². The molecule has 0 aliphatic heterocycles. The van der Waals surface area contributed by atoms with Crippen LogP contribution in [0.3, 0.4) is 0 Å². The van der Waals surface area contributed by atoms with Crippen LogP contribution in [0.2, 0.25) is 0 Å². The van der Waals surface area contributed by atoms with Gasteiger partial charge in [0.2, 0.25) is 10.0 Å². The van der Waals surface area contributed by atoms with Gasteiger partial charge in [0.15, 0.2) is 0 Å². The highest BCUT2D eigenvalue weighted by Crippen LogP contribution is 2.19. The summed E-state index contributed by atoms with van der Waals surface area (Å²) < 4.78 is 32.1. The van der Waals surface area contributed by atoms with E-state index in [1.165, 1.54) is 17.4 Å². The lowest BCUT2D eigenvalue weighted by Gasteiger charge is -2.04. The van der Waals surface area contributed by atoms with Gasteiger partial charge in [-0.1, -0.05) is 0 Å². The van der Waals surface area contributed by atoms with Gasteiger partial charge in [0.1, 0.15) is 16.4 Å². The third-order valence-corrected chi connectivity index (χ3v) is 5.31. The average molecular weight is 315 g/mol.